The maximum absolute atomic E-state index is 12.6. The summed E-state index contributed by atoms with van der Waals surface area (Å²) in [6, 6.07) is 16.1. The van der Waals surface area contributed by atoms with Gasteiger partial charge in [0.25, 0.3) is 5.91 Å². The van der Waals surface area contributed by atoms with Crippen molar-refractivity contribution in [1.29, 1.82) is 0 Å². The Morgan fingerprint density at radius 1 is 1.07 bits per heavy atom. The fourth-order valence-corrected chi connectivity index (χ4v) is 4.14. The average Bonchev–Trinajstić information content (AvgIpc) is 2.78. The molecule has 5 nitrogen and oxygen atoms in total. The topological polar surface area (TPSA) is 65.2 Å². The number of hydrogen-bond acceptors (Lipinski definition) is 3. The Kier molecular flexibility index (Phi) is 5.65. The van der Waals surface area contributed by atoms with Crippen molar-refractivity contribution in [1.82, 2.24) is 10.3 Å². The van der Waals surface area contributed by atoms with E-state index in [1.165, 1.54) is 44.0 Å². The van der Waals surface area contributed by atoms with Crippen LogP contribution in [0.3, 0.4) is 0 Å². The van der Waals surface area contributed by atoms with E-state index in [0.29, 0.717) is 18.0 Å². The molecule has 3 aromatic rings. The minimum Gasteiger partial charge on any atom is -0.372 e. The lowest BCUT2D eigenvalue weighted by Crippen LogP contribution is -2.33. The van der Waals surface area contributed by atoms with Gasteiger partial charge in [0.1, 0.15) is 5.56 Å². The first-order valence-corrected chi connectivity index (χ1v) is 10.3. The van der Waals surface area contributed by atoms with Gasteiger partial charge < -0.3 is 15.2 Å². The number of pyridine rings is 1. The highest BCUT2D eigenvalue weighted by Gasteiger charge is 2.18. The maximum atomic E-state index is 12.6. The summed E-state index contributed by atoms with van der Waals surface area (Å²) in [5, 5.41) is 3.38. The number of aromatic nitrogens is 1. The zero-order chi connectivity index (χ0) is 20.2. The second kappa shape index (κ2) is 8.52. The summed E-state index contributed by atoms with van der Waals surface area (Å²) in [6.45, 7) is 0.387. The summed E-state index contributed by atoms with van der Waals surface area (Å²) < 4.78 is 0. The van der Waals surface area contributed by atoms with E-state index in [2.05, 4.69) is 34.4 Å². The highest BCUT2D eigenvalue weighted by molar-refractivity contribution is 5.97. The second-order valence-electron chi connectivity index (χ2n) is 7.83. The number of amides is 1. The number of hydrogen-bond donors (Lipinski definition) is 2. The van der Waals surface area contributed by atoms with E-state index in [4.69, 9.17) is 0 Å². The van der Waals surface area contributed by atoms with Gasteiger partial charge in [-0.2, -0.15) is 0 Å². The number of nitrogens with zero attached hydrogens (tertiary/aromatic N) is 1. The number of anilines is 1. The molecule has 1 aliphatic rings. The van der Waals surface area contributed by atoms with Gasteiger partial charge in [0.2, 0.25) is 5.43 Å². The van der Waals surface area contributed by atoms with Crippen molar-refractivity contribution in [2.45, 2.75) is 44.7 Å². The van der Waals surface area contributed by atoms with Crippen LogP contribution >= 0.6 is 0 Å². The number of fused-ring (bicyclic) bond motifs is 1. The first-order chi connectivity index (χ1) is 14.1. The van der Waals surface area contributed by atoms with Gasteiger partial charge in [-0.05, 0) is 42.7 Å². The molecule has 150 valence electrons. The molecule has 2 N–H and O–H groups in total. The molecular formula is C24H27N3O2. The highest BCUT2D eigenvalue weighted by Crippen LogP contribution is 2.26. The quantitative estimate of drug-likeness (QED) is 0.686. The Hall–Kier alpha value is -3.08. The zero-order valence-corrected chi connectivity index (χ0v) is 16.8. The molecule has 0 atom stereocenters. The van der Waals surface area contributed by atoms with Crippen molar-refractivity contribution in [3.05, 3.63) is 76.1 Å². The van der Waals surface area contributed by atoms with Crippen LogP contribution in [0.4, 0.5) is 5.69 Å². The Morgan fingerprint density at radius 2 is 1.79 bits per heavy atom. The van der Waals surface area contributed by atoms with Crippen molar-refractivity contribution in [3.63, 3.8) is 0 Å². The molecule has 0 bridgehead atoms. The molecule has 0 aliphatic heterocycles. The average molecular weight is 389 g/mol. The summed E-state index contributed by atoms with van der Waals surface area (Å²) in [4.78, 5) is 30.5. The van der Waals surface area contributed by atoms with E-state index in [0.717, 1.165) is 11.1 Å². The van der Waals surface area contributed by atoms with Gasteiger partial charge in [-0.1, -0.05) is 43.5 Å². The molecule has 1 aliphatic carbocycles. The highest BCUT2D eigenvalue weighted by atomic mass is 16.2. The first-order valence-electron chi connectivity index (χ1n) is 10.3. The van der Waals surface area contributed by atoms with Gasteiger partial charge in [0, 0.05) is 42.4 Å². The smallest absolute Gasteiger partial charge is 0.257 e. The summed E-state index contributed by atoms with van der Waals surface area (Å²) in [7, 11) is 2.17. The predicted octanol–water partition coefficient (Wildman–Crippen LogP) is 4.23. The summed E-state index contributed by atoms with van der Waals surface area (Å²) in [5.41, 5.74) is 2.83. The van der Waals surface area contributed by atoms with Gasteiger partial charge in [-0.15, -0.1) is 0 Å². The third kappa shape index (κ3) is 4.19. The predicted molar refractivity (Wildman–Crippen MR) is 117 cm³/mol. The normalized spacial score (nSPS) is 14.7. The Bertz CT molecular complexity index is 1050. The number of carbonyl (C=O) groups is 1. The number of nitrogens with one attached hydrogen (secondary N) is 2. The first kappa shape index (κ1) is 19.2. The van der Waals surface area contributed by atoms with Crippen LogP contribution in [-0.4, -0.2) is 24.0 Å². The van der Waals surface area contributed by atoms with E-state index in [-0.39, 0.29) is 16.9 Å². The molecule has 0 spiro atoms. The van der Waals surface area contributed by atoms with Crippen LogP contribution in [0.1, 0.15) is 48.0 Å². The standard InChI is InChI=1S/C24H27N3O2/c1-27(18-7-3-2-4-8-18)19-13-11-17(12-14-19)15-26-24(29)21-16-25-22-10-6-5-9-20(22)23(21)28/h5-6,9-14,16,18H,2-4,7-8,15H2,1H3,(H,25,28)(H,26,29). The molecule has 29 heavy (non-hydrogen) atoms. The van der Waals surface area contributed by atoms with Gasteiger partial charge in [0.05, 0.1) is 0 Å². The maximum Gasteiger partial charge on any atom is 0.257 e. The van der Waals surface area contributed by atoms with E-state index in [9.17, 15) is 9.59 Å². The van der Waals surface area contributed by atoms with Crippen LogP contribution in [0, 0.1) is 0 Å². The number of carbonyl (C=O) groups excluding carboxylic acids is 1. The lowest BCUT2D eigenvalue weighted by molar-refractivity contribution is 0.0949. The number of rotatable bonds is 5. The van der Waals surface area contributed by atoms with Crippen molar-refractivity contribution >= 4 is 22.5 Å². The molecule has 0 radical (unpaired) electrons. The Morgan fingerprint density at radius 3 is 2.55 bits per heavy atom. The summed E-state index contributed by atoms with van der Waals surface area (Å²) >= 11 is 0. The summed E-state index contributed by atoms with van der Waals surface area (Å²) in [5.74, 6) is -0.361. The van der Waals surface area contributed by atoms with Crippen LogP contribution in [0.25, 0.3) is 10.9 Å². The lowest BCUT2D eigenvalue weighted by atomic mass is 9.94. The van der Waals surface area contributed by atoms with E-state index in [1.807, 2.05) is 24.3 Å². The van der Waals surface area contributed by atoms with Crippen LogP contribution < -0.4 is 15.6 Å². The number of benzene rings is 2. The molecule has 1 amide bonds. The van der Waals surface area contributed by atoms with Crippen molar-refractivity contribution in [2.24, 2.45) is 0 Å². The van der Waals surface area contributed by atoms with E-state index in [1.54, 1.807) is 12.1 Å². The van der Waals surface area contributed by atoms with E-state index >= 15 is 0 Å². The molecule has 1 aromatic heterocycles. The van der Waals surface area contributed by atoms with E-state index < -0.39 is 0 Å². The van der Waals surface area contributed by atoms with Gasteiger partial charge >= 0.3 is 0 Å². The lowest BCUT2D eigenvalue weighted by Gasteiger charge is -2.33. The number of H-pyrrole nitrogens is 1. The van der Waals surface area contributed by atoms with Crippen LogP contribution in [0.5, 0.6) is 0 Å². The molecule has 1 heterocycles. The Labute approximate surface area is 170 Å². The van der Waals surface area contributed by atoms with Crippen LogP contribution in [-0.2, 0) is 6.54 Å². The van der Waals surface area contributed by atoms with Crippen LogP contribution in [0.2, 0.25) is 0 Å². The molecule has 0 saturated heterocycles. The monoisotopic (exact) mass is 389 g/mol. The largest absolute Gasteiger partial charge is 0.372 e. The number of aromatic amines is 1. The Balaban J connectivity index is 1.41. The number of para-hydroxylation sites is 1. The van der Waals surface area contributed by atoms with Crippen LogP contribution in [0.15, 0.2) is 59.5 Å². The molecule has 0 unspecified atom stereocenters. The SMILES string of the molecule is CN(c1ccc(CNC(=O)c2c[nH]c3ccccc3c2=O)cc1)C1CCCCC1. The second-order valence-corrected chi connectivity index (χ2v) is 7.83. The fraction of sp³-hybridized carbons (Fsp3) is 0.333. The minimum absolute atomic E-state index is 0.136. The molecule has 5 heteroatoms. The fourth-order valence-electron chi connectivity index (χ4n) is 4.14. The molecule has 2 aromatic carbocycles. The third-order valence-corrected chi connectivity index (χ3v) is 5.95. The van der Waals surface area contributed by atoms with Crippen molar-refractivity contribution in [3.8, 4) is 0 Å². The molecule has 4 rings (SSSR count). The van der Waals surface area contributed by atoms with Gasteiger partial charge in [0.15, 0.2) is 0 Å². The molecule has 1 fully saturated rings. The van der Waals surface area contributed by atoms with Crippen molar-refractivity contribution < 1.29 is 4.79 Å². The summed E-state index contributed by atoms with van der Waals surface area (Å²) in [6.07, 6.45) is 7.98. The molecule has 1 saturated carbocycles. The third-order valence-electron chi connectivity index (χ3n) is 5.95. The zero-order valence-electron chi connectivity index (χ0n) is 16.8. The molecular weight excluding hydrogens is 362 g/mol. The van der Waals surface area contributed by atoms with Gasteiger partial charge in [-0.25, -0.2) is 0 Å². The van der Waals surface area contributed by atoms with Crippen molar-refractivity contribution in [2.75, 3.05) is 11.9 Å². The minimum atomic E-state index is -0.361. The van der Waals surface area contributed by atoms with Gasteiger partial charge in [-0.3, -0.25) is 9.59 Å².